The fourth-order valence-electron chi connectivity index (χ4n) is 2.11. The topological polar surface area (TPSA) is 72.7 Å². The standard InChI is InChI=1S/C11H11ClN2O4/c1-18-11(15)13-4-2-3-7-5-8(12)6-9(10(7)13)14(16)17/h5-6H,2-4H2,1H3. The molecule has 0 aromatic heterocycles. The van der Waals surface area contributed by atoms with Crippen molar-refractivity contribution < 1.29 is 14.5 Å². The molecular formula is C11H11ClN2O4. The fourth-order valence-corrected chi connectivity index (χ4v) is 2.35. The average Bonchev–Trinajstić information content (AvgIpc) is 2.35. The number of carbonyl (C=O) groups excluding carboxylic acids is 1. The number of nitro benzene ring substituents is 1. The Balaban J connectivity index is 2.60. The lowest BCUT2D eigenvalue weighted by Gasteiger charge is -2.27. The number of anilines is 1. The zero-order valence-corrected chi connectivity index (χ0v) is 10.4. The minimum Gasteiger partial charge on any atom is -0.452 e. The molecule has 1 aromatic carbocycles. The van der Waals surface area contributed by atoms with Gasteiger partial charge in [0.25, 0.3) is 5.69 Å². The van der Waals surface area contributed by atoms with Crippen LogP contribution in [0.15, 0.2) is 12.1 Å². The van der Waals surface area contributed by atoms with E-state index < -0.39 is 11.0 Å². The normalized spacial score (nSPS) is 14.0. The molecule has 1 heterocycles. The van der Waals surface area contributed by atoms with Gasteiger partial charge in [0.15, 0.2) is 0 Å². The van der Waals surface area contributed by atoms with Crippen LogP contribution in [-0.4, -0.2) is 24.7 Å². The highest BCUT2D eigenvalue weighted by Crippen LogP contribution is 2.38. The van der Waals surface area contributed by atoms with Crippen LogP contribution >= 0.6 is 11.6 Å². The lowest BCUT2D eigenvalue weighted by atomic mass is 10.0. The van der Waals surface area contributed by atoms with Crippen LogP contribution in [0.2, 0.25) is 5.02 Å². The maximum Gasteiger partial charge on any atom is 0.414 e. The summed E-state index contributed by atoms with van der Waals surface area (Å²) in [6.45, 7) is 0.405. The number of nitrogens with zero attached hydrogens (tertiary/aromatic N) is 2. The molecule has 6 nitrogen and oxygen atoms in total. The Labute approximate surface area is 108 Å². The van der Waals surface area contributed by atoms with E-state index in [0.29, 0.717) is 29.2 Å². The molecule has 2 rings (SSSR count). The minimum absolute atomic E-state index is 0.164. The van der Waals surface area contributed by atoms with Gasteiger partial charge >= 0.3 is 6.09 Å². The second kappa shape index (κ2) is 4.81. The van der Waals surface area contributed by atoms with Gasteiger partial charge in [-0.1, -0.05) is 11.6 Å². The summed E-state index contributed by atoms with van der Waals surface area (Å²) in [4.78, 5) is 23.4. The third kappa shape index (κ3) is 2.11. The third-order valence-corrected chi connectivity index (χ3v) is 3.04. The molecular weight excluding hydrogens is 260 g/mol. The molecule has 1 aliphatic heterocycles. The number of benzene rings is 1. The van der Waals surface area contributed by atoms with Gasteiger partial charge in [0.05, 0.1) is 12.0 Å². The van der Waals surface area contributed by atoms with Gasteiger partial charge in [0.1, 0.15) is 5.69 Å². The van der Waals surface area contributed by atoms with E-state index in [2.05, 4.69) is 4.74 Å². The van der Waals surface area contributed by atoms with Crippen LogP contribution in [0.1, 0.15) is 12.0 Å². The Hall–Kier alpha value is -1.82. The van der Waals surface area contributed by atoms with E-state index in [0.717, 1.165) is 6.42 Å². The van der Waals surface area contributed by atoms with Crippen molar-refractivity contribution >= 4 is 29.1 Å². The Bertz CT molecular complexity index is 518. The number of rotatable bonds is 1. The Morgan fingerprint density at radius 2 is 2.28 bits per heavy atom. The smallest absolute Gasteiger partial charge is 0.414 e. The number of hydrogen-bond donors (Lipinski definition) is 0. The van der Waals surface area contributed by atoms with E-state index in [4.69, 9.17) is 11.6 Å². The van der Waals surface area contributed by atoms with E-state index in [1.807, 2.05) is 0 Å². The highest BCUT2D eigenvalue weighted by atomic mass is 35.5. The molecule has 0 atom stereocenters. The van der Waals surface area contributed by atoms with Gasteiger partial charge in [-0.05, 0) is 24.5 Å². The Morgan fingerprint density at radius 3 is 2.89 bits per heavy atom. The Morgan fingerprint density at radius 1 is 1.56 bits per heavy atom. The highest BCUT2D eigenvalue weighted by molar-refractivity contribution is 6.31. The Kier molecular flexibility index (Phi) is 3.38. The van der Waals surface area contributed by atoms with Crippen LogP contribution in [0, 0.1) is 10.1 Å². The molecule has 96 valence electrons. The molecule has 0 unspecified atom stereocenters. The molecule has 1 aromatic rings. The first-order valence-electron chi connectivity index (χ1n) is 5.37. The van der Waals surface area contributed by atoms with Gasteiger partial charge in [-0.15, -0.1) is 0 Å². The summed E-state index contributed by atoms with van der Waals surface area (Å²) in [5.41, 5.74) is 0.830. The van der Waals surface area contributed by atoms with Gasteiger partial charge in [0.2, 0.25) is 0 Å². The quantitative estimate of drug-likeness (QED) is 0.581. The van der Waals surface area contributed by atoms with Crippen molar-refractivity contribution in [2.75, 3.05) is 18.6 Å². The second-order valence-corrected chi connectivity index (χ2v) is 4.35. The first-order valence-corrected chi connectivity index (χ1v) is 5.74. The first kappa shape index (κ1) is 12.6. The summed E-state index contributed by atoms with van der Waals surface area (Å²) >= 11 is 5.85. The molecule has 0 spiro atoms. The average molecular weight is 271 g/mol. The van der Waals surface area contributed by atoms with Gasteiger partial charge < -0.3 is 4.74 Å². The molecule has 0 saturated heterocycles. The lowest BCUT2D eigenvalue weighted by molar-refractivity contribution is -0.384. The zero-order chi connectivity index (χ0) is 13.3. The number of ether oxygens (including phenoxy) is 1. The van der Waals surface area contributed by atoms with Crippen molar-refractivity contribution in [3.63, 3.8) is 0 Å². The van der Waals surface area contributed by atoms with Gasteiger partial charge in [-0.2, -0.15) is 0 Å². The summed E-state index contributed by atoms with van der Waals surface area (Å²) in [6, 6.07) is 2.90. The van der Waals surface area contributed by atoms with E-state index in [-0.39, 0.29) is 5.69 Å². The number of methoxy groups -OCH3 is 1. The maximum atomic E-state index is 11.6. The predicted molar refractivity (Wildman–Crippen MR) is 66.2 cm³/mol. The van der Waals surface area contributed by atoms with Gasteiger partial charge in [-0.25, -0.2) is 4.79 Å². The molecule has 18 heavy (non-hydrogen) atoms. The van der Waals surface area contributed by atoms with Crippen LogP contribution in [0.3, 0.4) is 0 Å². The molecule has 0 saturated carbocycles. The summed E-state index contributed by atoms with van der Waals surface area (Å²) in [5, 5.41) is 11.3. The van der Waals surface area contributed by atoms with Crippen molar-refractivity contribution in [3.05, 3.63) is 32.8 Å². The van der Waals surface area contributed by atoms with E-state index >= 15 is 0 Å². The van der Waals surface area contributed by atoms with Crippen molar-refractivity contribution in [3.8, 4) is 0 Å². The molecule has 0 aliphatic carbocycles. The number of amides is 1. The maximum absolute atomic E-state index is 11.6. The lowest BCUT2D eigenvalue weighted by Crippen LogP contribution is -2.35. The van der Waals surface area contributed by atoms with Crippen LogP contribution in [0.4, 0.5) is 16.2 Å². The number of fused-ring (bicyclic) bond motifs is 1. The number of halogens is 1. The monoisotopic (exact) mass is 270 g/mol. The van der Waals surface area contributed by atoms with E-state index in [1.54, 1.807) is 6.07 Å². The largest absolute Gasteiger partial charge is 0.452 e. The number of aryl methyl sites for hydroxylation is 1. The van der Waals surface area contributed by atoms with Crippen molar-refractivity contribution in [1.82, 2.24) is 0 Å². The SMILES string of the molecule is COC(=O)N1CCCc2cc(Cl)cc([N+](=O)[O-])c21. The van der Waals surface area contributed by atoms with Crippen molar-refractivity contribution in [2.24, 2.45) is 0 Å². The summed E-state index contributed by atoms with van der Waals surface area (Å²) in [5.74, 6) is 0. The fraction of sp³-hybridized carbons (Fsp3) is 0.364. The third-order valence-electron chi connectivity index (χ3n) is 2.82. The van der Waals surface area contributed by atoms with Crippen LogP contribution in [0.25, 0.3) is 0 Å². The zero-order valence-electron chi connectivity index (χ0n) is 9.68. The van der Waals surface area contributed by atoms with Crippen molar-refractivity contribution in [2.45, 2.75) is 12.8 Å². The molecule has 0 N–H and O–H groups in total. The second-order valence-electron chi connectivity index (χ2n) is 3.91. The number of hydrogen-bond acceptors (Lipinski definition) is 4. The van der Waals surface area contributed by atoms with Crippen LogP contribution in [0.5, 0.6) is 0 Å². The number of nitro groups is 1. The molecule has 1 amide bonds. The molecule has 0 fully saturated rings. The summed E-state index contributed by atoms with van der Waals surface area (Å²) in [7, 11) is 1.25. The molecule has 7 heteroatoms. The minimum atomic E-state index is -0.596. The molecule has 0 radical (unpaired) electrons. The highest BCUT2D eigenvalue weighted by Gasteiger charge is 2.31. The van der Waals surface area contributed by atoms with Crippen LogP contribution in [-0.2, 0) is 11.2 Å². The number of carbonyl (C=O) groups is 1. The first-order chi connectivity index (χ1) is 8.54. The molecule has 1 aliphatic rings. The van der Waals surface area contributed by atoms with Gasteiger partial charge in [0, 0.05) is 17.6 Å². The van der Waals surface area contributed by atoms with Crippen LogP contribution < -0.4 is 4.90 Å². The summed E-state index contributed by atoms with van der Waals surface area (Å²) in [6.07, 6.45) is 0.783. The van der Waals surface area contributed by atoms with E-state index in [9.17, 15) is 14.9 Å². The van der Waals surface area contributed by atoms with Gasteiger partial charge in [-0.3, -0.25) is 15.0 Å². The van der Waals surface area contributed by atoms with Crippen molar-refractivity contribution in [1.29, 1.82) is 0 Å². The predicted octanol–water partition coefficient (Wildman–Crippen LogP) is 2.77. The summed E-state index contributed by atoms with van der Waals surface area (Å²) < 4.78 is 4.64. The molecule has 0 bridgehead atoms. The van der Waals surface area contributed by atoms with E-state index in [1.165, 1.54) is 18.1 Å².